The summed E-state index contributed by atoms with van der Waals surface area (Å²) in [7, 11) is 3.00. The summed E-state index contributed by atoms with van der Waals surface area (Å²) in [6.07, 6.45) is 1.42. The Hall–Kier alpha value is -2.81. The molecular weight excluding hydrogens is 368 g/mol. The summed E-state index contributed by atoms with van der Waals surface area (Å²) in [5, 5.41) is 9.55. The number of thiophene rings is 1. The largest absolute Gasteiger partial charge is 0.481 e. The van der Waals surface area contributed by atoms with E-state index in [0.29, 0.717) is 48.9 Å². The topological polar surface area (TPSA) is 92.8 Å². The predicted octanol–water partition coefficient (Wildman–Crippen LogP) is 2.59. The molecule has 1 aliphatic rings. The molecule has 2 aromatic rings. The number of amides is 3. The first kappa shape index (κ1) is 19.0. The lowest BCUT2D eigenvalue weighted by Crippen LogP contribution is -2.47. The van der Waals surface area contributed by atoms with Crippen molar-refractivity contribution >= 4 is 29.0 Å². The third-order valence-electron chi connectivity index (χ3n) is 4.38. The second-order valence-corrected chi connectivity index (χ2v) is 6.87. The summed E-state index contributed by atoms with van der Waals surface area (Å²) < 4.78 is 10.3. The SMILES string of the molecule is COc1ccc(NC(=O)N2CCC(NC(=O)c3ccsc3)CC2)c(OC)n1. The number of aromatic nitrogens is 1. The Morgan fingerprint density at radius 3 is 2.59 bits per heavy atom. The number of anilines is 1. The third-order valence-corrected chi connectivity index (χ3v) is 5.06. The molecule has 0 saturated carbocycles. The van der Waals surface area contributed by atoms with Crippen LogP contribution in [0.2, 0.25) is 0 Å². The van der Waals surface area contributed by atoms with Gasteiger partial charge in [0.1, 0.15) is 5.69 Å². The number of carbonyl (C=O) groups is 2. The van der Waals surface area contributed by atoms with E-state index >= 15 is 0 Å². The average Bonchev–Trinajstić information content (AvgIpc) is 3.24. The zero-order valence-electron chi connectivity index (χ0n) is 15.2. The lowest BCUT2D eigenvalue weighted by atomic mass is 10.0. The van der Waals surface area contributed by atoms with Crippen molar-refractivity contribution in [2.24, 2.45) is 0 Å². The maximum Gasteiger partial charge on any atom is 0.321 e. The number of ether oxygens (including phenoxy) is 2. The van der Waals surface area contributed by atoms with Gasteiger partial charge in [0, 0.05) is 36.1 Å². The number of hydrogen-bond donors (Lipinski definition) is 2. The minimum atomic E-state index is -0.220. The van der Waals surface area contributed by atoms with Crippen LogP contribution in [0.25, 0.3) is 0 Å². The van der Waals surface area contributed by atoms with E-state index in [1.165, 1.54) is 25.6 Å². The summed E-state index contributed by atoms with van der Waals surface area (Å²) in [5.41, 5.74) is 1.16. The van der Waals surface area contributed by atoms with Crippen molar-refractivity contribution in [3.63, 3.8) is 0 Å². The molecule has 27 heavy (non-hydrogen) atoms. The number of rotatable bonds is 5. The molecule has 0 radical (unpaired) electrons. The standard InChI is InChI=1S/C18H22N4O4S/c1-25-15-4-3-14(17(21-15)26-2)20-18(24)22-8-5-13(6-9-22)19-16(23)12-7-10-27-11-12/h3-4,7,10-11,13H,5-6,8-9H2,1-2H3,(H,19,23)(H,20,24). The Bertz CT molecular complexity index is 789. The van der Waals surface area contributed by atoms with Crippen LogP contribution in [-0.2, 0) is 0 Å². The molecule has 2 N–H and O–H groups in total. The maximum atomic E-state index is 12.5. The fourth-order valence-corrected chi connectivity index (χ4v) is 3.51. The van der Waals surface area contributed by atoms with E-state index in [2.05, 4.69) is 15.6 Å². The highest BCUT2D eigenvalue weighted by molar-refractivity contribution is 7.08. The first-order valence-corrected chi connectivity index (χ1v) is 9.53. The van der Waals surface area contributed by atoms with Crippen molar-refractivity contribution < 1.29 is 19.1 Å². The van der Waals surface area contributed by atoms with Gasteiger partial charge in [0.25, 0.3) is 5.91 Å². The van der Waals surface area contributed by atoms with E-state index in [0.717, 1.165) is 0 Å². The molecule has 0 spiro atoms. The molecule has 3 rings (SSSR count). The molecule has 1 saturated heterocycles. The fraction of sp³-hybridized carbons (Fsp3) is 0.389. The van der Waals surface area contributed by atoms with Gasteiger partial charge in [-0.3, -0.25) is 4.79 Å². The van der Waals surface area contributed by atoms with Gasteiger partial charge < -0.3 is 25.0 Å². The fourth-order valence-electron chi connectivity index (χ4n) is 2.87. The second-order valence-electron chi connectivity index (χ2n) is 6.09. The first-order chi connectivity index (χ1) is 13.1. The van der Waals surface area contributed by atoms with Gasteiger partial charge >= 0.3 is 6.03 Å². The number of carbonyl (C=O) groups excluding carboxylic acids is 2. The van der Waals surface area contributed by atoms with Crippen LogP contribution in [0.15, 0.2) is 29.0 Å². The highest BCUT2D eigenvalue weighted by atomic mass is 32.1. The Balaban J connectivity index is 1.52. The van der Waals surface area contributed by atoms with Crippen LogP contribution in [0, 0.1) is 0 Å². The van der Waals surface area contributed by atoms with Crippen molar-refractivity contribution in [3.05, 3.63) is 34.5 Å². The van der Waals surface area contributed by atoms with E-state index in [1.54, 1.807) is 23.1 Å². The lowest BCUT2D eigenvalue weighted by molar-refractivity contribution is 0.0919. The number of piperidine rings is 1. The first-order valence-electron chi connectivity index (χ1n) is 8.58. The number of likely N-dealkylation sites (tertiary alicyclic amines) is 1. The summed E-state index contributed by atoms with van der Waals surface area (Å²) in [6.45, 7) is 1.12. The van der Waals surface area contributed by atoms with Gasteiger partial charge in [-0.05, 0) is 30.4 Å². The van der Waals surface area contributed by atoms with Crippen molar-refractivity contribution in [2.75, 3.05) is 32.6 Å². The summed E-state index contributed by atoms with van der Waals surface area (Å²) in [6, 6.07) is 5.00. The highest BCUT2D eigenvalue weighted by Crippen LogP contribution is 2.25. The molecule has 3 heterocycles. The normalized spacial score (nSPS) is 14.5. The van der Waals surface area contributed by atoms with Crippen molar-refractivity contribution in [1.82, 2.24) is 15.2 Å². The minimum absolute atomic E-state index is 0.0619. The summed E-state index contributed by atoms with van der Waals surface area (Å²) in [4.78, 5) is 30.5. The van der Waals surface area contributed by atoms with Crippen LogP contribution in [0.5, 0.6) is 11.8 Å². The van der Waals surface area contributed by atoms with Crippen LogP contribution in [0.3, 0.4) is 0 Å². The van der Waals surface area contributed by atoms with Crippen LogP contribution >= 0.6 is 11.3 Å². The second kappa shape index (κ2) is 8.72. The zero-order valence-corrected chi connectivity index (χ0v) is 16.0. The number of pyridine rings is 1. The molecule has 0 unspecified atom stereocenters. The highest BCUT2D eigenvalue weighted by Gasteiger charge is 2.25. The van der Waals surface area contributed by atoms with Gasteiger partial charge in [-0.15, -0.1) is 0 Å². The molecule has 144 valence electrons. The van der Waals surface area contributed by atoms with Crippen molar-refractivity contribution in [1.29, 1.82) is 0 Å². The van der Waals surface area contributed by atoms with Gasteiger partial charge in [-0.25, -0.2) is 4.79 Å². The Morgan fingerprint density at radius 1 is 1.19 bits per heavy atom. The monoisotopic (exact) mass is 390 g/mol. The molecule has 0 atom stereocenters. The molecule has 0 bridgehead atoms. The number of urea groups is 1. The van der Waals surface area contributed by atoms with Gasteiger partial charge in [-0.1, -0.05) is 0 Å². The minimum Gasteiger partial charge on any atom is -0.481 e. The van der Waals surface area contributed by atoms with Crippen LogP contribution in [0.4, 0.5) is 10.5 Å². The molecule has 0 aromatic carbocycles. The average molecular weight is 390 g/mol. The van der Waals surface area contributed by atoms with Gasteiger partial charge in [0.05, 0.1) is 14.2 Å². The quantitative estimate of drug-likeness (QED) is 0.819. The third kappa shape index (κ3) is 4.68. The molecule has 1 aliphatic heterocycles. The number of hydrogen-bond acceptors (Lipinski definition) is 6. The maximum absolute atomic E-state index is 12.5. The van der Waals surface area contributed by atoms with E-state index in [-0.39, 0.29) is 18.0 Å². The molecule has 3 amide bonds. The molecular formula is C18H22N4O4S. The van der Waals surface area contributed by atoms with Crippen LogP contribution in [-0.4, -0.2) is 55.2 Å². The van der Waals surface area contributed by atoms with Gasteiger partial charge in [0.15, 0.2) is 0 Å². The molecule has 8 nitrogen and oxygen atoms in total. The van der Waals surface area contributed by atoms with Crippen molar-refractivity contribution in [2.45, 2.75) is 18.9 Å². The summed E-state index contributed by atoms with van der Waals surface area (Å²) >= 11 is 1.50. The van der Waals surface area contributed by atoms with Gasteiger partial charge in [0.2, 0.25) is 11.8 Å². The number of nitrogens with zero attached hydrogens (tertiary/aromatic N) is 2. The number of methoxy groups -OCH3 is 2. The Labute approximate surface area is 161 Å². The molecule has 1 fully saturated rings. The van der Waals surface area contributed by atoms with E-state index in [9.17, 15) is 9.59 Å². The van der Waals surface area contributed by atoms with Crippen LogP contribution < -0.4 is 20.1 Å². The smallest absolute Gasteiger partial charge is 0.321 e. The molecule has 0 aliphatic carbocycles. The van der Waals surface area contributed by atoms with E-state index in [1.807, 2.05) is 10.8 Å². The molecule has 2 aromatic heterocycles. The Morgan fingerprint density at radius 2 is 1.96 bits per heavy atom. The zero-order chi connectivity index (χ0) is 19.2. The van der Waals surface area contributed by atoms with E-state index < -0.39 is 0 Å². The molecule has 9 heteroatoms. The predicted molar refractivity (Wildman–Crippen MR) is 103 cm³/mol. The van der Waals surface area contributed by atoms with E-state index in [4.69, 9.17) is 9.47 Å². The van der Waals surface area contributed by atoms with Gasteiger partial charge in [-0.2, -0.15) is 16.3 Å². The number of nitrogens with one attached hydrogen (secondary N) is 2. The van der Waals surface area contributed by atoms with Crippen LogP contribution in [0.1, 0.15) is 23.2 Å². The van der Waals surface area contributed by atoms with Crippen molar-refractivity contribution in [3.8, 4) is 11.8 Å². The lowest BCUT2D eigenvalue weighted by Gasteiger charge is -2.32. The Kier molecular flexibility index (Phi) is 6.12. The summed E-state index contributed by atoms with van der Waals surface area (Å²) in [5.74, 6) is 0.640.